The largest absolute Gasteiger partial charge is 0.481 e. The highest BCUT2D eigenvalue weighted by atomic mass is 35.5. The number of halogens is 2. The average molecular weight is 633 g/mol. The number of amides is 3. The number of carboxylic acid groups (broad SMARTS) is 1. The van der Waals surface area contributed by atoms with E-state index < -0.39 is 46.4 Å². The Balaban J connectivity index is 0.00000241. The zero-order valence-corrected chi connectivity index (χ0v) is 23.8. The van der Waals surface area contributed by atoms with Gasteiger partial charge in [0.15, 0.2) is 21.4 Å². The van der Waals surface area contributed by atoms with Crippen molar-refractivity contribution in [2.24, 2.45) is 17.1 Å². The molecule has 0 saturated carbocycles. The minimum Gasteiger partial charge on any atom is -0.481 e. The summed E-state index contributed by atoms with van der Waals surface area (Å²) in [4.78, 5) is 56.0. The van der Waals surface area contributed by atoms with Crippen molar-refractivity contribution in [1.82, 2.24) is 30.5 Å². The van der Waals surface area contributed by atoms with E-state index in [1.807, 2.05) is 5.43 Å². The van der Waals surface area contributed by atoms with Crippen molar-refractivity contribution in [3.05, 3.63) is 16.1 Å². The Hall–Kier alpha value is -1.93. The number of thioether (sulfide) groups is 2. The van der Waals surface area contributed by atoms with E-state index in [-0.39, 0.29) is 53.7 Å². The van der Waals surface area contributed by atoms with E-state index in [0.29, 0.717) is 9.35 Å². The molecule has 2 aliphatic heterocycles. The molecule has 4 atom stereocenters. The predicted molar refractivity (Wildman–Crippen MR) is 144 cm³/mol. The highest BCUT2D eigenvalue weighted by Crippen LogP contribution is 2.46. The number of anilines is 1. The molecule has 20 heteroatoms. The van der Waals surface area contributed by atoms with Gasteiger partial charge >= 0.3 is 5.97 Å². The Kier molecular flexibility index (Phi) is 10.4. The lowest BCUT2D eigenvalue weighted by Crippen LogP contribution is -2.76. The van der Waals surface area contributed by atoms with Crippen molar-refractivity contribution >= 4 is 99.8 Å². The van der Waals surface area contributed by atoms with Gasteiger partial charge in [-0.05, 0) is 6.92 Å². The van der Waals surface area contributed by atoms with Crippen LogP contribution in [0.1, 0.15) is 16.6 Å². The van der Waals surface area contributed by atoms with Crippen molar-refractivity contribution in [3.63, 3.8) is 0 Å². The van der Waals surface area contributed by atoms with Gasteiger partial charge in [-0.2, -0.15) is 0 Å². The molecule has 2 aromatic rings. The van der Waals surface area contributed by atoms with E-state index in [1.54, 1.807) is 6.92 Å². The van der Waals surface area contributed by atoms with Crippen LogP contribution in [0.3, 0.4) is 0 Å². The van der Waals surface area contributed by atoms with Gasteiger partial charge < -0.3 is 15.7 Å². The Morgan fingerprint density at radius 1 is 1.38 bits per heavy atom. The summed E-state index contributed by atoms with van der Waals surface area (Å²) in [6, 6.07) is -1.07. The number of hydrogen-bond donors (Lipinski definition) is 5. The van der Waals surface area contributed by atoms with Crippen LogP contribution in [0.4, 0.5) is 5.13 Å². The van der Waals surface area contributed by atoms with Crippen molar-refractivity contribution in [2.45, 2.75) is 28.6 Å². The van der Waals surface area contributed by atoms with Gasteiger partial charge in [-0.15, -0.1) is 58.1 Å². The molecule has 4 rings (SSSR count). The zero-order valence-electron chi connectivity index (χ0n) is 18.9. The maximum absolute atomic E-state index is 13.1. The molecule has 204 valence electrons. The Morgan fingerprint density at radius 3 is 2.62 bits per heavy atom. The summed E-state index contributed by atoms with van der Waals surface area (Å²) in [6.07, 6.45) is 0. The van der Waals surface area contributed by atoms with Crippen molar-refractivity contribution < 1.29 is 24.3 Å². The molecule has 14 nitrogen and oxygen atoms in total. The zero-order chi connectivity index (χ0) is 25.5. The third-order valence-corrected chi connectivity index (χ3v) is 10.1. The number of thiazole rings is 1. The second-order valence-electron chi connectivity index (χ2n) is 7.87. The van der Waals surface area contributed by atoms with Crippen LogP contribution in [-0.2, 0) is 19.2 Å². The number of aryl methyl sites for hydroxylation is 1. The molecular formula is C17H23Cl2N9O5S4. The highest BCUT2D eigenvalue weighted by molar-refractivity contribution is 8.01. The van der Waals surface area contributed by atoms with E-state index in [0.717, 1.165) is 16.3 Å². The summed E-state index contributed by atoms with van der Waals surface area (Å²) in [5.74, 6) is 6.88. The minimum absolute atomic E-state index is 0. The molecule has 0 aliphatic carbocycles. The van der Waals surface area contributed by atoms with Crippen LogP contribution in [0, 0.1) is 12.3 Å². The number of hydrazine groups is 2. The fourth-order valence-corrected chi connectivity index (χ4v) is 8.04. The smallest absolute Gasteiger partial charge is 0.313 e. The maximum atomic E-state index is 13.1. The molecule has 0 aromatic carbocycles. The molecule has 0 spiro atoms. The number of nitrogens with two attached hydrogens (primary N) is 3. The quantitative estimate of drug-likeness (QED) is 0.0628. The fraction of sp³-hybridized carbons (Fsp3) is 0.471. The summed E-state index contributed by atoms with van der Waals surface area (Å²) >= 11 is 4.89. The Labute approximate surface area is 239 Å². The van der Waals surface area contributed by atoms with Crippen LogP contribution in [0.25, 0.3) is 0 Å². The van der Waals surface area contributed by atoms with Crippen molar-refractivity contribution in [2.75, 3.05) is 23.8 Å². The summed E-state index contributed by atoms with van der Waals surface area (Å²) in [5.41, 5.74) is 6.38. The summed E-state index contributed by atoms with van der Waals surface area (Å²) in [7, 11) is 0. The van der Waals surface area contributed by atoms with Gasteiger partial charge in [-0.1, -0.05) is 23.1 Å². The SMILES string of the molecule is Cc1nnc(SCC2(C(=O)O)CS[C@@H]3C(N(N)C(=O)C(C(=O)NN)c4csc(N)n4)C(=O)N3C2)s1.Cl.Cl. The third-order valence-electron chi connectivity index (χ3n) is 5.59. The monoisotopic (exact) mass is 631 g/mol. The lowest BCUT2D eigenvalue weighted by molar-refractivity contribution is -0.167. The molecule has 3 amide bonds. The number of carboxylic acids is 1. The molecule has 2 fully saturated rings. The van der Waals surface area contributed by atoms with E-state index >= 15 is 0 Å². The van der Waals surface area contributed by atoms with E-state index in [1.165, 1.54) is 45.1 Å². The van der Waals surface area contributed by atoms with Gasteiger partial charge in [0.2, 0.25) is 0 Å². The number of nitrogens with zero attached hydrogens (tertiary/aromatic N) is 5. The molecule has 0 bridgehead atoms. The van der Waals surface area contributed by atoms with Crippen LogP contribution >= 0.6 is 71.0 Å². The molecule has 2 aliphatic rings. The van der Waals surface area contributed by atoms with Crippen LogP contribution < -0.4 is 22.8 Å². The molecule has 3 unspecified atom stereocenters. The van der Waals surface area contributed by atoms with Crippen LogP contribution in [-0.4, -0.2) is 83.4 Å². The number of nitrogen functional groups attached to an aromatic ring is 1. The first kappa shape index (κ1) is 31.3. The number of aliphatic carboxylic acids is 1. The number of hydrogen-bond acceptors (Lipinski definition) is 14. The molecule has 2 saturated heterocycles. The Bertz CT molecular complexity index is 1190. The second kappa shape index (κ2) is 12.3. The number of carbonyl (C=O) groups is 4. The first-order chi connectivity index (χ1) is 16.6. The van der Waals surface area contributed by atoms with Crippen LogP contribution in [0.5, 0.6) is 0 Å². The van der Waals surface area contributed by atoms with Gasteiger partial charge in [0.05, 0.1) is 5.69 Å². The molecular weight excluding hydrogens is 609 g/mol. The molecule has 8 N–H and O–H groups in total. The number of nitrogens with one attached hydrogen (secondary N) is 1. The topological polar surface area (TPSA) is 224 Å². The van der Waals surface area contributed by atoms with Crippen molar-refractivity contribution in [3.8, 4) is 0 Å². The normalized spacial score (nSPS) is 23.0. The number of fused-ring (bicyclic) bond motifs is 1. The highest BCUT2D eigenvalue weighted by Gasteiger charge is 2.60. The van der Waals surface area contributed by atoms with E-state index in [9.17, 15) is 24.3 Å². The van der Waals surface area contributed by atoms with Gasteiger partial charge in [0.1, 0.15) is 15.8 Å². The molecule has 2 aromatic heterocycles. The predicted octanol–water partition coefficient (Wildman–Crippen LogP) is -0.348. The van der Waals surface area contributed by atoms with E-state index in [4.69, 9.17) is 17.4 Å². The van der Waals surface area contributed by atoms with Crippen LogP contribution in [0.15, 0.2) is 9.72 Å². The standard InChI is InChI=1S/C17H21N9O5S4.2ClH/c1-6-23-24-16(35-6)34-5-17(14(30)31)3-25-12(29)9(13(25)33-4-17)26(20)11(28)8(10(27)22-19)7-2-32-15(18)21-7;;/h2,8-9,13H,3-5,19-20H2,1H3,(H2,18,21)(H,22,27)(H,30,31);2*1H/t8?,9?,13-,17?;;/m1../s1. The van der Waals surface area contributed by atoms with Gasteiger partial charge in [0.25, 0.3) is 17.7 Å². The first-order valence-electron chi connectivity index (χ1n) is 9.95. The number of rotatable bonds is 8. The van der Waals surface area contributed by atoms with Crippen molar-refractivity contribution in [1.29, 1.82) is 0 Å². The lowest BCUT2D eigenvalue weighted by Gasteiger charge is -2.55. The fourth-order valence-electron chi connectivity index (χ4n) is 3.72. The Morgan fingerprint density at radius 2 is 2.08 bits per heavy atom. The van der Waals surface area contributed by atoms with Crippen LogP contribution in [0.2, 0.25) is 0 Å². The number of carbonyl (C=O) groups excluding carboxylic acids is 3. The summed E-state index contributed by atoms with van der Waals surface area (Å²) in [6.45, 7) is 1.76. The lowest BCUT2D eigenvalue weighted by atomic mass is 9.89. The van der Waals surface area contributed by atoms with E-state index in [2.05, 4.69) is 15.2 Å². The second-order valence-corrected chi connectivity index (χ2v) is 12.3. The minimum atomic E-state index is -1.49. The summed E-state index contributed by atoms with van der Waals surface area (Å²) in [5, 5.41) is 20.4. The average Bonchev–Trinajstić information content (AvgIpc) is 3.45. The number of β-lactam (4-membered cyclic amide) rings is 1. The van der Waals surface area contributed by atoms with Gasteiger partial charge in [0, 0.05) is 23.4 Å². The van der Waals surface area contributed by atoms with Gasteiger partial charge in [-0.25, -0.2) is 16.7 Å². The van der Waals surface area contributed by atoms with Gasteiger partial charge in [-0.3, -0.25) is 29.6 Å². The summed E-state index contributed by atoms with van der Waals surface area (Å²) < 4.78 is 0.647. The number of aromatic nitrogens is 3. The first-order valence-corrected chi connectivity index (χ1v) is 13.7. The molecule has 37 heavy (non-hydrogen) atoms. The third kappa shape index (κ3) is 5.90. The molecule has 0 radical (unpaired) electrons. The maximum Gasteiger partial charge on any atom is 0.313 e. The molecule has 4 heterocycles.